The van der Waals surface area contributed by atoms with E-state index in [9.17, 15) is 9.90 Å². The lowest BCUT2D eigenvalue weighted by atomic mass is 9.94. The van der Waals surface area contributed by atoms with Crippen LogP contribution in [0.5, 0.6) is 0 Å². The van der Waals surface area contributed by atoms with Gasteiger partial charge in [-0.05, 0) is 62.3 Å². The molecular weight excluding hydrogens is 284 g/mol. The molecule has 4 nitrogen and oxygen atoms in total. The van der Waals surface area contributed by atoms with E-state index in [0.29, 0.717) is 6.04 Å². The first-order chi connectivity index (χ1) is 10.2. The van der Waals surface area contributed by atoms with Gasteiger partial charge in [-0.3, -0.25) is 9.69 Å². The van der Waals surface area contributed by atoms with Gasteiger partial charge in [-0.2, -0.15) is 0 Å². The lowest BCUT2D eigenvalue weighted by Gasteiger charge is -2.43. The molecule has 1 N–H and O–H groups in total. The molecule has 0 saturated carbocycles. The van der Waals surface area contributed by atoms with Crippen LogP contribution in [0.25, 0.3) is 0 Å². The maximum absolute atomic E-state index is 11.8. The molecule has 1 fully saturated rings. The Balaban J connectivity index is 1.72. The molecule has 0 aromatic carbocycles. The summed E-state index contributed by atoms with van der Waals surface area (Å²) in [5.41, 5.74) is 1.04. The summed E-state index contributed by atoms with van der Waals surface area (Å²) in [6.45, 7) is 6.50. The number of carboxylic acid groups (broad SMARTS) is 1. The van der Waals surface area contributed by atoms with E-state index in [2.05, 4.69) is 16.7 Å². The standard InChI is InChI=1S/C16H24N2O2S/c1-2-7-17-8-3-12(4-9-17)18-10-5-14-13(6-11-21-14)15(18)16(19)20/h6,11-12,15H,2-5,7-10H2,1H3,(H,19,20). The van der Waals surface area contributed by atoms with Gasteiger partial charge in [-0.15, -0.1) is 11.3 Å². The normalized spacial score (nSPS) is 24.9. The molecule has 116 valence electrons. The molecule has 1 saturated heterocycles. The van der Waals surface area contributed by atoms with Crippen molar-refractivity contribution < 1.29 is 9.90 Å². The van der Waals surface area contributed by atoms with Crippen molar-refractivity contribution in [2.45, 2.75) is 44.7 Å². The fourth-order valence-electron chi connectivity index (χ4n) is 3.79. The lowest BCUT2D eigenvalue weighted by molar-refractivity contribution is -0.145. The Hall–Kier alpha value is -0.910. The second-order valence-corrected chi connectivity index (χ2v) is 7.10. The lowest BCUT2D eigenvalue weighted by Crippen LogP contribution is -2.50. The van der Waals surface area contributed by atoms with Crippen LogP contribution in [0, 0.1) is 0 Å². The van der Waals surface area contributed by atoms with Gasteiger partial charge in [0.1, 0.15) is 6.04 Å². The number of carbonyl (C=O) groups is 1. The summed E-state index contributed by atoms with van der Waals surface area (Å²) in [4.78, 5) is 17.8. The van der Waals surface area contributed by atoms with Gasteiger partial charge in [0.05, 0.1) is 0 Å². The maximum Gasteiger partial charge on any atom is 0.325 e. The van der Waals surface area contributed by atoms with Crippen molar-refractivity contribution in [3.63, 3.8) is 0 Å². The molecular formula is C16H24N2O2S. The Morgan fingerprint density at radius 3 is 2.81 bits per heavy atom. The molecule has 0 bridgehead atoms. The topological polar surface area (TPSA) is 43.8 Å². The van der Waals surface area contributed by atoms with E-state index in [1.54, 1.807) is 11.3 Å². The Bertz CT molecular complexity index is 494. The minimum atomic E-state index is -0.690. The van der Waals surface area contributed by atoms with Crippen molar-refractivity contribution in [2.24, 2.45) is 0 Å². The highest BCUT2D eigenvalue weighted by atomic mass is 32.1. The molecule has 1 unspecified atom stereocenters. The monoisotopic (exact) mass is 308 g/mol. The minimum Gasteiger partial charge on any atom is -0.480 e. The molecule has 3 heterocycles. The van der Waals surface area contributed by atoms with Gasteiger partial charge in [0.2, 0.25) is 0 Å². The van der Waals surface area contributed by atoms with Gasteiger partial charge < -0.3 is 10.0 Å². The Morgan fingerprint density at radius 2 is 2.14 bits per heavy atom. The number of nitrogens with zero attached hydrogens (tertiary/aromatic N) is 2. The summed E-state index contributed by atoms with van der Waals surface area (Å²) < 4.78 is 0. The van der Waals surface area contributed by atoms with Crippen LogP contribution in [0.1, 0.15) is 42.7 Å². The van der Waals surface area contributed by atoms with Crippen LogP contribution in [0.3, 0.4) is 0 Å². The van der Waals surface area contributed by atoms with Crippen LogP contribution < -0.4 is 0 Å². The average molecular weight is 308 g/mol. The van der Waals surface area contributed by atoms with Gasteiger partial charge >= 0.3 is 5.97 Å². The zero-order valence-electron chi connectivity index (χ0n) is 12.6. The Kier molecular flexibility index (Phi) is 4.62. The van der Waals surface area contributed by atoms with Crippen LogP contribution in [0.15, 0.2) is 11.4 Å². The van der Waals surface area contributed by atoms with Gasteiger partial charge in [0, 0.05) is 17.5 Å². The number of carboxylic acids is 1. The highest BCUT2D eigenvalue weighted by molar-refractivity contribution is 7.10. The summed E-state index contributed by atoms with van der Waals surface area (Å²) in [5.74, 6) is -0.690. The van der Waals surface area contributed by atoms with E-state index >= 15 is 0 Å². The van der Waals surface area contributed by atoms with E-state index in [1.807, 2.05) is 11.4 Å². The number of rotatable bonds is 4. The number of hydrogen-bond donors (Lipinski definition) is 1. The summed E-state index contributed by atoms with van der Waals surface area (Å²) >= 11 is 1.70. The van der Waals surface area contributed by atoms with E-state index < -0.39 is 12.0 Å². The highest BCUT2D eigenvalue weighted by Crippen LogP contribution is 2.36. The zero-order valence-corrected chi connectivity index (χ0v) is 13.4. The molecule has 1 atom stereocenters. The minimum absolute atomic E-state index is 0.423. The average Bonchev–Trinajstić information content (AvgIpc) is 2.95. The molecule has 2 aliphatic rings. The number of fused-ring (bicyclic) bond motifs is 1. The fraction of sp³-hybridized carbons (Fsp3) is 0.688. The van der Waals surface area contributed by atoms with Crippen LogP contribution in [0.4, 0.5) is 0 Å². The van der Waals surface area contributed by atoms with E-state index in [-0.39, 0.29) is 0 Å². The largest absolute Gasteiger partial charge is 0.480 e. The molecule has 0 radical (unpaired) electrons. The van der Waals surface area contributed by atoms with E-state index in [1.165, 1.54) is 17.8 Å². The summed E-state index contributed by atoms with van der Waals surface area (Å²) in [5, 5.41) is 11.7. The molecule has 2 aliphatic heterocycles. The van der Waals surface area contributed by atoms with Crippen molar-refractivity contribution in [3.8, 4) is 0 Å². The highest BCUT2D eigenvalue weighted by Gasteiger charge is 2.38. The number of aliphatic carboxylic acids is 1. The van der Waals surface area contributed by atoms with Crippen LogP contribution in [-0.4, -0.2) is 53.1 Å². The Morgan fingerprint density at radius 1 is 1.38 bits per heavy atom. The smallest absolute Gasteiger partial charge is 0.325 e. The second kappa shape index (κ2) is 6.46. The first kappa shape index (κ1) is 15.0. The SMILES string of the molecule is CCCN1CCC(N2CCc3sccc3C2C(=O)O)CC1. The predicted octanol–water partition coefficient (Wildman–Crippen LogP) is 2.61. The zero-order chi connectivity index (χ0) is 14.8. The number of thiophene rings is 1. The molecule has 0 amide bonds. The molecule has 21 heavy (non-hydrogen) atoms. The van der Waals surface area contributed by atoms with Crippen molar-refractivity contribution in [3.05, 3.63) is 21.9 Å². The van der Waals surface area contributed by atoms with Crippen molar-refractivity contribution in [1.29, 1.82) is 0 Å². The van der Waals surface area contributed by atoms with Gasteiger partial charge in [0.15, 0.2) is 0 Å². The maximum atomic E-state index is 11.8. The predicted molar refractivity (Wildman–Crippen MR) is 84.9 cm³/mol. The van der Waals surface area contributed by atoms with Crippen LogP contribution >= 0.6 is 11.3 Å². The third-order valence-electron chi connectivity index (χ3n) is 4.80. The summed E-state index contributed by atoms with van der Waals surface area (Å²) in [6, 6.07) is 2.01. The summed E-state index contributed by atoms with van der Waals surface area (Å²) in [7, 11) is 0. The molecule has 1 aromatic heterocycles. The van der Waals surface area contributed by atoms with Crippen molar-refractivity contribution in [2.75, 3.05) is 26.2 Å². The van der Waals surface area contributed by atoms with E-state index in [0.717, 1.165) is 44.5 Å². The van der Waals surface area contributed by atoms with Gasteiger partial charge in [-0.1, -0.05) is 6.92 Å². The first-order valence-electron chi connectivity index (χ1n) is 7.98. The van der Waals surface area contributed by atoms with Crippen LogP contribution in [0.2, 0.25) is 0 Å². The fourth-order valence-corrected chi connectivity index (χ4v) is 4.70. The quantitative estimate of drug-likeness (QED) is 0.928. The van der Waals surface area contributed by atoms with Crippen molar-refractivity contribution >= 4 is 17.3 Å². The number of likely N-dealkylation sites (tertiary alicyclic amines) is 1. The van der Waals surface area contributed by atoms with E-state index in [4.69, 9.17) is 0 Å². The van der Waals surface area contributed by atoms with Crippen molar-refractivity contribution in [1.82, 2.24) is 9.80 Å². The molecule has 0 spiro atoms. The Labute approximate surface area is 130 Å². The first-order valence-corrected chi connectivity index (χ1v) is 8.86. The molecule has 3 rings (SSSR count). The van der Waals surface area contributed by atoms with Gasteiger partial charge in [0.25, 0.3) is 0 Å². The second-order valence-electron chi connectivity index (χ2n) is 6.10. The number of hydrogen-bond acceptors (Lipinski definition) is 4. The third kappa shape index (κ3) is 3.00. The number of piperidine rings is 1. The molecule has 0 aliphatic carbocycles. The molecule has 1 aromatic rings. The van der Waals surface area contributed by atoms with Gasteiger partial charge in [-0.25, -0.2) is 0 Å². The molecule has 5 heteroatoms. The summed E-state index contributed by atoms with van der Waals surface area (Å²) in [6.07, 6.45) is 4.41. The van der Waals surface area contributed by atoms with Crippen LogP contribution in [-0.2, 0) is 11.2 Å². The third-order valence-corrected chi connectivity index (χ3v) is 5.80.